The van der Waals surface area contributed by atoms with Crippen molar-refractivity contribution in [3.8, 4) is 0 Å². The number of hydrogen-bond acceptors (Lipinski definition) is 8. The van der Waals surface area contributed by atoms with Crippen LogP contribution in [0.5, 0.6) is 0 Å². The van der Waals surface area contributed by atoms with Gasteiger partial charge >= 0.3 is 0 Å². The average molecular weight is 512 g/mol. The van der Waals surface area contributed by atoms with Gasteiger partial charge in [-0.1, -0.05) is 24.3 Å². The Morgan fingerprint density at radius 2 is 1.44 bits per heavy atom. The highest BCUT2D eigenvalue weighted by Crippen LogP contribution is 2.33. The lowest BCUT2D eigenvalue weighted by atomic mass is 9.95. The minimum absolute atomic E-state index is 0.0516. The molecule has 0 saturated heterocycles. The number of aliphatic hydroxyl groups excluding tert-OH is 1. The molecule has 3 aromatic carbocycles. The standard InChI is InChI=1S/C24H18F2N4O5S/c25-15-8-14(9-16(26)11-15)23(33)21(24-28-18-6-1-2-7-19(18)29-24)22(32)13-4-3-5-17(10-13)36(34,35)30-20(27)12-31/h1-11,28-29,31H,12H2,(H2,27,30). The van der Waals surface area contributed by atoms with Crippen molar-refractivity contribution in [3.63, 3.8) is 0 Å². The molecule has 0 fully saturated rings. The number of carbonyl (C=O) groups excluding carboxylic acids is 2. The second-order valence-electron chi connectivity index (χ2n) is 7.63. The van der Waals surface area contributed by atoms with Crippen LogP contribution in [0.15, 0.2) is 83.0 Å². The van der Waals surface area contributed by atoms with E-state index in [2.05, 4.69) is 10.6 Å². The highest BCUT2D eigenvalue weighted by molar-refractivity contribution is 7.90. The molecule has 0 bridgehead atoms. The Bertz CT molecular complexity index is 1510. The number of nitrogens with one attached hydrogen (secondary N) is 4. The van der Waals surface area contributed by atoms with E-state index in [0.717, 1.165) is 24.3 Å². The molecule has 5 N–H and O–H groups in total. The number of sulfonamides is 1. The minimum atomic E-state index is -4.32. The summed E-state index contributed by atoms with van der Waals surface area (Å²) < 4.78 is 54.6. The molecule has 9 nitrogen and oxygen atoms in total. The van der Waals surface area contributed by atoms with Gasteiger partial charge in [0.15, 0.2) is 0 Å². The van der Waals surface area contributed by atoms with Crippen LogP contribution in [0.3, 0.4) is 0 Å². The molecule has 0 unspecified atom stereocenters. The molecule has 0 amide bonds. The number of halogens is 2. The van der Waals surface area contributed by atoms with Gasteiger partial charge in [0, 0.05) is 17.2 Å². The van der Waals surface area contributed by atoms with Gasteiger partial charge in [0.1, 0.15) is 35.5 Å². The number of rotatable bonds is 7. The van der Waals surface area contributed by atoms with Crippen LogP contribution in [0, 0.1) is 17.0 Å². The summed E-state index contributed by atoms with van der Waals surface area (Å²) in [7, 11) is -4.32. The Morgan fingerprint density at radius 1 is 0.861 bits per heavy atom. The van der Waals surface area contributed by atoms with Gasteiger partial charge in [0.05, 0.1) is 16.3 Å². The fourth-order valence-electron chi connectivity index (χ4n) is 3.49. The number of hydrogen-bond donors (Lipinski definition) is 5. The van der Waals surface area contributed by atoms with Crippen LogP contribution in [0.4, 0.5) is 20.2 Å². The molecule has 0 radical (unpaired) electrons. The number of ketones is 2. The number of benzene rings is 3. The molecule has 3 aromatic rings. The number of amidine groups is 1. The van der Waals surface area contributed by atoms with Gasteiger partial charge in [-0.05, 0) is 36.4 Å². The third-order valence-corrected chi connectivity index (χ3v) is 6.49. The van der Waals surface area contributed by atoms with E-state index in [1.54, 1.807) is 24.3 Å². The molecule has 4 rings (SSSR count). The normalized spacial score (nSPS) is 12.2. The van der Waals surface area contributed by atoms with E-state index < -0.39 is 61.7 Å². The molecule has 1 heterocycles. The fourth-order valence-corrected chi connectivity index (χ4v) is 4.53. The zero-order chi connectivity index (χ0) is 26.0. The molecule has 12 heteroatoms. The number of carbonyl (C=O) groups is 2. The molecule has 1 aliphatic heterocycles. The van der Waals surface area contributed by atoms with Crippen molar-refractivity contribution in [1.82, 2.24) is 4.72 Å². The maximum atomic E-state index is 13.9. The van der Waals surface area contributed by atoms with Gasteiger partial charge in [0.2, 0.25) is 11.6 Å². The van der Waals surface area contributed by atoms with Crippen LogP contribution in [-0.2, 0) is 10.0 Å². The number of anilines is 2. The molecule has 0 spiro atoms. The van der Waals surface area contributed by atoms with Crippen molar-refractivity contribution in [1.29, 1.82) is 5.41 Å². The van der Waals surface area contributed by atoms with Gasteiger partial charge in [-0.2, -0.15) is 0 Å². The molecule has 184 valence electrons. The van der Waals surface area contributed by atoms with Crippen molar-refractivity contribution < 1.29 is 31.9 Å². The van der Waals surface area contributed by atoms with Crippen molar-refractivity contribution in [2.24, 2.45) is 0 Å². The summed E-state index contributed by atoms with van der Waals surface area (Å²) in [6, 6.07) is 13.6. The maximum Gasteiger partial charge on any atom is 0.262 e. The predicted octanol–water partition coefficient (Wildman–Crippen LogP) is 3.03. The van der Waals surface area contributed by atoms with E-state index in [1.807, 2.05) is 4.72 Å². The van der Waals surface area contributed by atoms with Crippen LogP contribution >= 0.6 is 0 Å². The SMILES string of the molecule is N=C(CO)NS(=O)(=O)c1cccc(C(=O)C(C(=O)c2cc(F)cc(F)c2)=C2Nc3ccccc3N2)c1. The Hall–Kier alpha value is -4.42. The summed E-state index contributed by atoms with van der Waals surface area (Å²) in [5, 5.41) is 22.1. The maximum absolute atomic E-state index is 13.9. The van der Waals surface area contributed by atoms with E-state index in [1.165, 1.54) is 12.1 Å². The molecule has 0 aliphatic carbocycles. The zero-order valence-corrected chi connectivity index (χ0v) is 19.1. The van der Waals surface area contributed by atoms with Crippen LogP contribution in [0.25, 0.3) is 0 Å². The lowest BCUT2D eigenvalue weighted by Crippen LogP contribution is -2.32. The molecule has 1 aliphatic rings. The third-order valence-electron chi connectivity index (χ3n) is 5.10. The number of fused-ring (bicyclic) bond motifs is 1. The molecule has 36 heavy (non-hydrogen) atoms. The Balaban J connectivity index is 1.81. The van der Waals surface area contributed by atoms with Crippen LogP contribution < -0.4 is 15.4 Å². The summed E-state index contributed by atoms with van der Waals surface area (Å²) in [6.45, 7) is -0.856. The summed E-state index contributed by atoms with van der Waals surface area (Å²) in [4.78, 5) is 26.6. The van der Waals surface area contributed by atoms with Crippen LogP contribution in [0.2, 0.25) is 0 Å². The largest absolute Gasteiger partial charge is 0.388 e. The van der Waals surface area contributed by atoms with Gasteiger partial charge in [0.25, 0.3) is 10.0 Å². The van der Waals surface area contributed by atoms with Crippen LogP contribution in [0.1, 0.15) is 20.7 Å². The third kappa shape index (κ3) is 4.99. The van der Waals surface area contributed by atoms with E-state index in [0.29, 0.717) is 17.4 Å². The minimum Gasteiger partial charge on any atom is -0.388 e. The summed E-state index contributed by atoms with van der Waals surface area (Å²) in [6.07, 6.45) is 0. The van der Waals surface area contributed by atoms with Crippen molar-refractivity contribution in [2.45, 2.75) is 4.90 Å². The molecular formula is C24H18F2N4O5S. The van der Waals surface area contributed by atoms with Crippen molar-refractivity contribution in [3.05, 3.63) is 101 Å². The van der Waals surface area contributed by atoms with Crippen molar-refractivity contribution in [2.75, 3.05) is 17.2 Å². The van der Waals surface area contributed by atoms with E-state index in [9.17, 15) is 26.8 Å². The quantitative estimate of drug-likeness (QED) is 0.0816. The number of aliphatic hydroxyl groups is 1. The monoisotopic (exact) mass is 512 g/mol. The fraction of sp³-hybridized carbons (Fsp3) is 0.0417. The van der Waals surface area contributed by atoms with Gasteiger partial charge < -0.3 is 15.7 Å². The van der Waals surface area contributed by atoms with Gasteiger partial charge in [-0.3, -0.25) is 19.7 Å². The number of para-hydroxylation sites is 2. The molecular weight excluding hydrogens is 494 g/mol. The van der Waals surface area contributed by atoms with Crippen molar-refractivity contribution >= 4 is 38.8 Å². The zero-order valence-electron chi connectivity index (χ0n) is 18.3. The Kier molecular flexibility index (Phi) is 6.64. The van der Waals surface area contributed by atoms with Gasteiger partial charge in [-0.15, -0.1) is 0 Å². The topological polar surface area (TPSA) is 148 Å². The Labute approximate surface area is 204 Å². The summed E-state index contributed by atoms with van der Waals surface area (Å²) in [5.41, 5.74) is -0.0784. The van der Waals surface area contributed by atoms with E-state index in [-0.39, 0.29) is 11.4 Å². The van der Waals surface area contributed by atoms with Gasteiger partial charge in [-0.25, -0.2) is 17.2 Å². The lowest BCUT2D eigenvalue weighted by Gasteiger charge is -2.13. The molecule has 0 saturated carbocycles. The Morgan fingerprint density at radius 3 is 2.03 bits per heavy atom. The first-order valence-corrected chi connectivity index (χ1v) is 11.8. The first-order valence-electron chi connectivity index (χ1n) is 10.3. The summed E-state index contributed by atoms with van der Waals surface area (Å²) in [5.74, 6) is -4.71. The average Bonchev–Trinajstić information content (AvgIpc) is 3.26. The lowest BCUT2D eigenvalue weighted by molar-refractivity contribution is 0.0960. The first-order chi connectivity index (χ1) is 17.1. The first kappa shape index (κ1) is 24.7. The number of Topliss-reactive ketones (excluding diaryl/α,β-unsaturated/α-hetero) is 2. The predicted molar refractivity (Wildman–Crippen MR) is 127 cm³/mol. The molecule has 0 atom stereocenters. The van der Waals surface area contributed by atoms with E-state index >= 15 is 0 Å². The second-order valence-corrected chi connectivity index (χ2v) is 9.31. The number of allylic oxidation sites excluding steroid dienone is 1. The summed E-state index contributed by atoms with van der Waals surface area (Å²) >= 11 is 0. The van der Waals surface area contributed by atoms with E-state index in [4.69, 9.17) is 10.5 Å². The smallest absolute Gasteiger partial charge is 0.262 e. The van der Waals surface area contributed by atoms with Crippen LogP contribution in [-0.4, -0.2) is 37.5 Å². The molecule has 0 aromatic heterocycles. The highest BCUT2D eigenvalue weighted by atomic mass is 32.2. The highest BCUT2D eigenvalue weighted by Gasteiger charge is 2.30. The second kappa shape index (κ2) is 9.68.